The summed E-state index contributed by atoms with van der Waals surface area (Å²) < 4.78 is 23.8. The van der Waals surface area contributed by atoms with Gasteiger partial charge in [-0.05, 0) is 70.5 Å². The standard InChI is InChI=1S/C30H32ClN3O7S/c1-29(2,3)40-25(35)13-14-26(36)41-30(4,5)17-39-22-12-11-20(15-23(22)38-6)34-28(37)27-21(32-33-34)16-24(42-27)18-7-9-19(31)10-8-18/h7-12,15-16H,13-14,17H2,1-6H3. The average Bonchev–Trinajstić information content (AvgIpc) is 3.36. The molecule has 4 rings (SSSR count). The fourth-order valence-corrected chi connectivity index (χ4v) is 5.06. The molecule has 0 N–H and O–H groups in total. The van der Waals surface area contributed by atoms with Crippen LogP contribution in [0, 0.1) is 0 Å². The van der Waals surface area contributed by atoms with Gasteiger partial charge in [-0.25, -0.2) is 0 Å². The smallest absolute Gasteiger partial charge is 0.307 e. The number of carbonyl (C=O) groups is 2. The summed E-state index contributed by atoms with van der Waals surface area (Å²) in [6, 6.07) is 14.1. The van der Waals surface area contributed by atoms with Crippen molar-refractivity contribution in [3.63, 3.8) is 0 Å². The third kappa shape index (κ3) is 7.86. The predicted molar refractivity (Wildman–Crippen MR) is 161 cm³/mol. The van der Waals surface area contributed by atoms with Gasteiger partial charge >= 0.3 is 11.9 Å². The molecule has 0 fully saturated rings. The Hall–Kier alpha value is -3.96. The van der Waals surface area contributed by atoms with E-state index in [-0.39, 0.29) is 25.0 Å². The van der Waals surface area contributed by atoms with Gasteiger partial charge in [0.25, 0.3) is 5.56 Å². The van der Waals surface area contributed by atoms with E-state index in [2.05, 4.69) is 10.3 Å². The minimum Gasteiger partial charge on any atom is -0.493 e. The normalized spacial score (nSPS) is 11.8. The van der Waals surface area contributed by atoms with Gasteiger partial charge in [0.1, 0.15) is 28.0 Å². The van der Waals surface area contributed by atoms with Crippen LogP contribution in [0.5, 0.6) is 11.5 Å². The van der Waals surface area contributed by atoms with Crippen molar-refractivity contribution < 1.29 is 28.5 Å². The Morgan fingerprint density at radius 2 is 1.60 bits per heavy atom. The molecule has 0 bridgehead atoms. The Kier molecular flexibility index (Phi) is 9.22. The minimum atomic E-state index is -0.997. The first-order chi connectivity index (χ1) is 19.7. The Morgan fingerprint density at radius 1 is 0.929 bits per heavy atom. The summed E-state index contributed by atoms with van der Waals surface area (Å²) in [5.41, 5.74) is -0.0768. The molecule has 0 amide bonds. The van der Waals surface area contributed by atoms with E-state index in [1.54, 1.807) is 65.0 Å². The average molecular weight is 614 g/mol. The first-order valence-electron chi connectivity index (χ1n) is 13.1. The lowest BCUT2D eigenvalue weighted by atomic mass is 10.1. The molecular formula is C30H32ClN3O7S. The number of hydrogen-bond donors (Lipinski definition) is 0. The van der Waals surface area contributed by atoms with Crippen molar-refractivity contribution in [1.29, 1.82) is 0 Å². The fraction of sp³-hybridized carbons (Fsp3) is 0.367. The number of rotatable bonds is 10. The summed E-state index contributed by atoms with van der Waals surface area (Å²) in [5, 5.41) is 9.00. The monoisotopic (exact) mass is 613 g/mol. The van der Waals surface area contributed by atoms with E-state index in [1.165, 1.54) is 23.1 Å². The van der Waals surface area contributed by atoms with Gasteiger partial charge in [-0.3, -0.25) is 14.4 Å². The van der Waals surface area contributed by atoms with Gasteiger partial charge in [0, 0.05) is 16.0 Å². The van der Waals surface area contributed by atoms with Gasteiger partial charge in [-0.2, -0.15) is 4.68 Å². The molecule has 2 aromatic heterocycles. The number of halogens is 1. The van der Waals surface area contributed by atoms with E-state index in [1.807, 2.05) is 18.2 Å². The third-order valence-corrected chi connectivity index (χ3v) is 7.19. The summed E-state index contributed by atoms with van der Waals surface area (Å²) in [7, 11) is 1.48. The topological polar surface area (TPSA) is 119 Å². The number of esters is 2. The van der Waals surface area contributed by atoms with Crippen molar-refractivity contribution in [2.75, 3.05) is 13.7 Å². The van der Waals surface area contributed by atoms with Crippen LogP contribution in [-0.2, 0) is 19.1 Å². The molecule has 0 atom stereocenters. The summed E-state index contributed by atoms with van der Waals surface area (Å²) >= 11 is 7.33. The number of fused-ring (bicyclic) bond motifs is 1. The van der Waals surface area contributed by atoms with Crippen molar-refractivity contribution in [3.05, 3.63) is 63.9 Å². The highest BCUT2D eigenvalue weighted by Crippen LogP contribution is 2.33. The predicted octanol–water partition coefficient (Wildman–Crippen LogP) is 5.99. The molecule has 42 heavy (non-hydrogen) atoms. The Balaban J connectivity index is 1.45. The zero-order valence-corrected chi connectivity index (χ0v) is 25.8. The molecule has 0 saturated heterocycles. The van der Waals surface area contributed by atoms with Gasteiger partial charge in [-0.15, -0.1) is 16.4 Å². The lowest BCUT2D eigenvalue weighted by molar-refractivity contribution is -0.164. The summed E-state index contributed by atoms with van der Waals surface area (Å²) in [6.45, 7) is 8.69. The van der Waals surface area contributed by atoms with Crippen LogP contribution in [0.1, 0.15) is 47.5 Å². The second kappa shape index (κ2) is 12.5. The lowest BCUT2D eigenvalue weighted by Gasteiger charge is -2.26. The molecule has 12 heteroatoms. The molecule has 0 spiro atoms. The molecule has 0 unspecified atom stereocenters. The first kappa shape index (κ1) is 31.0. The molecular weight excluding hydrogens is 582 g/mol. The third-order valence-electron chi connectivity index (χ3n) is 5.78. The maximum Gasteiger partial charge on any atom is 0.307 e. The molecule has 0 aliphatic rings. The van der Waals surface area contributed by atoms with Crippen molar-refractivity contribution in [3.8, 4) is 27.6 Å². The van der Waals surface area contributed by atoms with Crippen molar-refractivity contribution in [1.82, 2.24) is 15.0 Å². The van der Waals surface area contributed by atoms with Crippen LogP contribution in [0.15, 0.2) is 53.3 Å². The van der Waals surface area contributed by atoms with E-state index in [4.69, 9.17) is 30.5 Å². The molecule has 10 nitrogen and oxygen atoms in total. The highest BCUT2D eigenvalue weighted by Gasteiger charge is 2.26. The number of benzene rings is 2. The van der Waals surface area contributed by atoms with E-state index in [0.717, 1.165) is 10.4 Å². The Labute approximate surface area is 252 Å². The SMILES string of the molecule is COc1cc(-n2nnc3cc(-c4ccc(Cl)cc4)sc3c2=O)ccc1OCC(C)(C)OC(=O)CCC(=O)OC(C)(C)C. The van der Waals surface area contributed by atoms with Gasteiger partial charge < -0.3 is 18.9 Å². The number of nitrogens with zero attached hydrogens (tertiary/aromatic N) is 3. The maximum absolute atomic E-state index is 13.3. The van der Waals surface area contributed by atoms with E-state index in [0.29, 0.717) is 32.4 Å². The van der Waals surface area contributed by atoms with Crippen LogP contribution in [0.25, 0.3) is 26.3 Å². The largest absolute Gasteiger partial charge is 0.493 e. The second-order valence-corrected chi connectivity index (χ2v) is 12.6. The fourth-order valence-electron chi connectivity index (χ4n) is 3.91. The van der Waals surface area contributed by atoms with Crippen molar-refractivity contribution in [2.45, 2.75) is 58.7 Å². The zero-order chi connectivity index (χ0) is 30.7. The number of aromatic nitrogens is 3. The van der Waals surface area contributed by atoms with Crippen LogP contribution < -0.4 is 15.0 Å². The number of carbonyl (C=O) groups excluding carboxylic acids is 2. The van der Waals surface area contributed by atoms with Crippen LogP contribution in [0.3, 0.4) is 0 Å². The number of ether oxygens (including phenoxy) is 4. The van der Waals surface area contributed by atoms with Crippen molar-refractivity contribution >= 4 is 45.1 Å². The molecule has 4 aromatic rings. The lowest BCUT2D eigenvalue weighted by Crippen LogP contribution is -2.35. The number of methoxy groups -OCH3 is 1. The summed E-state index contributed by atoms with van der Waals surface area (Å²) in [4.78, 5) is 38.4. The van der Waals surface area contributed by atoms with Crippen LogP contribution in [0.4, 0.5) is 0 Å². The highest BCUT2D eigenvalue weighted by atomic mass is 35.5. The Bertz CT molecular complexity index is 1660. The van der Waals surface area contributed by atoms with Crippen LogP contribution >= 0.6 is 22.9 Å². The molecule has 2 aromatic carbocycles. The number of hydrogen-bond acceptors (Lipinski definition) is 10. The quantitative estimate of drug-likeness (QED) is 0.199. The highest BCUT2D eigenvalue weighted by molar-refractivity contribution is 7.22. The summed E-state index contributed by atoms with van der Waals surface area (Å²) in [6.07, 6.45) is -0.188. The van der Waals surface area contributed by atoms with Gasteiger partial charge in [-0.1, -0.05) is 28.9 Å². The van der Waals surface area contributed by atoms with Gasteiger partial charge in [0.2, 0.25) is 0 Å². The molecule has 0 aliphatic carbocycles. The zero-order valence-electron chi connectivity index (χ0n) is 24.2. The van der Waals surface area contributed by atoms with E-state index >= 15 is 0 Å². The van der Waals surface area contributed by atoms with Crippen LogP contribution in [0.2, 0.25) is 5.02 Å². The molecule has 0 aliphatic heterocycles. The van der Waals surface area contributed by atoms with Crippen LogP contribution in [-0.4, -0.2) is 51.9 Å². The molecule has 0 saturated carbocycles. The van der Waals surface area contributed by atoms with Gasteiger partial charge in [0.15, 0.2) is 11.5 Å². The maximum atomic E-state index is 13.3. The molecule has 0 radical (unpaired) electrons. The molecule has 2 heterocycles. The Morgan fingerprint density at radius 3 is 2.24 bits per heavy atom. The second-order valence-electron chi connectivity index (χ2n) is 11.1. The van der Waals surface area contributed by atoms with E-state index < -0.39 is 23.1 Å². The summed E-state index contributed by atoms with van der Waals surface area (Å²) in [5.74, 6) is -0.288. The van der Waals surface area contributed by atoms with Crippen molar-refractivity contribution in [2.24, 2.45) is 0 Å². The number of thiophene rings is 1. The minimum absolute atomic E-state index is 0.00919. The van der Waals surface area contributed by atoms with Gasteiger partial charge in [0.05, 0.1) is 25.6 Å². The first-order valence-corrected chi connectivity index (χ1v) is 14.3. The van der Waals surface area contributed by atoms with E-state index in [9.17, 15) is 14.4 Å². The molecule has 222 valence electrons.